The molecule has 0 amide bonds. The Morgan fingerprint density at radius 3 is 2.71 bits per heavy atom. The Balaban J connectivity index is 2.29. The minimum atomic E-state index is -1.24. The van der Waals surface area contributed by atoms with E-state index in [1.807, 2.05) is 0 Å². The minimum absolute atomic E-state index is 0.00213. The molecule has 0 bridgehead atoms. The van der Waals surface area contributed by atoms with Gasteiger partial charge in [-0.1, -0.05) is 0 Å². The van der Waals surface area contributed by atoms with Crippen molar-refractivity contribution in [2.24, 2.45) is 17.8 Å². The van der Waals surface area contributed by atoms with Crippen molar-refractivity contribution in [3.63, 3.8) is 0 Å². The van der Waals surface area contributed by atoms with Gasteiger partial charge in [-0.05, 0) is 6.92 Å². The molecule has 0 radical (unpaired) electrons. The summed E-state index contributed by atoms with van der Waals surface area (Å²) in [7, 11) is 1.27. The summed E-state index contributed by atoms with van der Waals surface area (Å²) in [5.41, 5.74) is -1.24. The molecule has 6 heteroatoms. The summed E-state index contributed by atoms with van der Waals surface area (Å²) in [6.07, 6.45) is -1.87. The van der Waals surface area contributed by atoms with E-state index in [4.69, 9.17) is 4.74 Å². The van der Waals surface area contributed by atoms with Gasteiger partial charge >= 0.3 is 5.97 Å². The van der Waals surface area contributed by atoms with Gasteiger partial charge in [0, 0.05) is 18.3 Å². The summed E-state index contributed by atoms with van der Waals surface area (Å²) in [4.78, 5) is 11.6. The van der Waals surface area contributed by atoms with Crippen LogP contribution in [0.5, 0.6) is 0 Å². The van der Waals surface area contributed by atoms with E-state index in [-0.39, 0.29) is 13.0 Å². The first kappa shape index (κ1) is 12.8. The van der Waals surface area contributed by atoms with Crippen LogP contribution in [-0.4, -0.2) is 53.0 Å². The molecule has 1 saturated carbocycles. The Labute approximate surface area is 99.1 Å². The molecule has 1 aliphatic heterocycles. The highest BCUT2D eigenvalue weighted by atomic mass is 16.6. The third-order valence-electron chi connectivity index (χ3n) is 3.92. The first-order chi connectivity index (χ1) is 7.88. The zero-order chi connectivity index (χ0) is 12.8. The number of carbonyl (C=O) groups is 1. The van der Waals surface area contributed by atoms with Crippen LogP contribution in [0.2, 0.25) is 0 Å². The third-order valence-corrected chi connectivity index (χ3v) is 3.92. The number of aliphatic hydroxyl groups excluding tert-OH is 2. The van der Waals surface area contributed by atoms with Crippen LogP contribution in [0.25, 0.3) is 0 Å². The first-order valence-electron chi connectivity index (χ1n) is 5.66. The van der Waals surface area contributed by atoms with Crippen molar-refractivity contribution in [1.82, 2.24) is 0 Å². The molecule has 0 spiro atoms. The monoisotopic (exact) mass is 246 g/mol. The van der Waals surface area contributed by atoms with Crippen LogP contribution >= 0.6 is 0 Å². The van der Waals surface area contributed by atoms with Gasteiger partial charge in [-0.2, -0.15) is 0 Å². The fraction of sp³-hybridized carbons (Fsp3) is 0.909. The zero-order valence-corrected chi connectivity index (χ0v) is 9.87. The van der Waals surface area contributed by atoms with Crippen LogP contribution in [-0.2, 0) is 14.3 Å². The van der Waals surface area contributed by atoms with E-state index in [0.717, 1.165) is 0 Å². The summed E-state index contributed by atoms with van der Waals surface area (Å²) in [5, 5.41) is 29.9. The van der Waals surface area contributed by atoms with Crippen molar-refractivity contribution < 1.29 is 29.6 Å². The highest BCUT2D eigenvalue weighted by molar-refractivity contribution is 5.73. The molecule has 17 heavy (non-hydrogen) atoms. The molecule has 0 aromatic heterocycles. The molecule has 6 nitrogen and oxygen atoms in total. The molecule has 0 aromatic rings. The molecule has 1 heterocycles. The van der Waals surface area contributed by atoms with Crippen molar-refractivity contribution in [3.8, 4) is 0 Å². The highest BCUT2D eigenvalue weighted by Gasteiger charge is 2.59. The summed E-state index contributed by atoms with van der Waals surface area (Å²) >= 11 is 0. The second-order valence-corrected chi connectivity index (χ2v) is 5.09. The Kier molecular flexibility index (Phi) is 3.15. The average molecular weight is 246 g/mol. The van der Waals surface area contributed by atoms with E-state index in [1.54, 1.807) is 0 Å². The van der Waals surface area contributed by atoms with Gasteiger partial charge in [-0.3, -0.25) is 4.79 Å². The number of methoxy groups -OCH3 is 1. The minimum Gasteiger partial charge on any atom is -0.469 e. The Hall–Kier alpha value is -0.690. The number of fused-ring (bicyclic) bond motifs is 1. The molecule has 0 aromatic carbocycles. The lowest BCUT2D eigenvalue weighted by Gasteiger charge is -2.40. The topological polar surface area (TPSA) is 96.2 Å². The van der Waals surface area contributed by atoms with Crippen molar-refractivity contribution >= 4 is 5.97 Å². The van der Waals surface area contributed by atoms with Crippen molar-refractivity contribution in [1.29, 1.82) is 0 Å². The second-order valence-electron chi connectivity index (χ2n) is 5.09. The number of carbonyl (C=O) groups excluding carboxylic acids is 1. The molecule has 6 atom stereocenters. The van der Waals surface area contributed by atoms with E-state index >= 15 is 0 Å². The lowest BCUT2D eigenvalue weighted by atomic mass is 9.77. The number of ether oxygens (including phenoxy) is 2. The quantitative estimate of drug-likeness (QED) is 0.507. The molecular weight excluding hydrogens is 228 g/mol. The van der Waals surface area contributed by atoms with Crippen molar-refractivity contribution in [2.45, 2.75) is 31.3 Å². The fourth-order valence-electron chi connectivity index (χ4n) is 3.16. The number of esters is 1. The Morgan fingerprint density at radius 2 is 2.12 bits per heavy atom. The van der Waals surface area contributed by atoms with E-state index in [2.05, 4.69) is 4.74 Å². The van der Waals surface area contributed by atoms with Crippen LogP contribution in [0.1, 0.15) is 13.3 Å². The van der Waals surface area contributed by atoms with Crippen LogP contribution in [0.15, 0.2) is 0 Å². The van der Waals surface area contributed by atoms with Crippen molar-refractivity contribution in [3.05, 3.63) is 0 Å². The average Bonchev–Trinajstić information content (AvgIpc) is 2.50. The molecule has 2 aliphatic rings. The Bertz CT molecular complexity index is 315. The standard InChI is InChI=1S/C11H18O6/c1-11(15)3-6(12)7-5(9(13)16-2)4-17-10(14)8(7)11/h5-8,10,12,14-15H,3-4H2,1-2H3/t5-,6+,7-,8+,10+,11-/m0/s1. The first-order valence-corrected chi connectivity index (χ1v) is 5.66. The van der Waals surface area contributed by atoms with Gasteiger partial charge in [0.25, 0.3) is 0 Å². The Morgan fingerprint density at radius 1 is 1.47 bits per heavy atom. The molecule has 1 aliphatic carbocycles. The maximum absolute atomic E-state index is 11.6. The normalized spacial score (nSPS) is 49.8. The predicted octanol–water partition coefficient (Wildman–Crippen LogP) is -1.13. The predicted molar refractivity (Wildman–Crippen MR) is 55.7 cm³/mol. The van der Waals surface area contributed by atoms with Crippen LogP contribution < -0.4 is 0 Å². The molecule has 0 unspecified atom stereocenters. The number of hydrogen-bond acceptors (Lipinski definition) is 6. The lowest BCUT2D eigenvalue weighted by Crippen LogP contribution is -2.51. The summed E-state index contributed by atoms with van der Waals surface area (Å²) in [6.45, 7) is 1.54. The van der Waals surface area contributed by atoms with Crippen LogP contribution in [0.4, 0.5) is 0 Å². The molecule has 1 saturated heterocycles. The molecule has 2 fully saturated rings. The van der Waals surface area contributed by atoms with Gasteiger partial charge < -0.3 is 24.8 Å². The maximum atomic E-state index is 11.6. The smallest absolute Gasteiger partial charge is 0.311 e. The summed E-state index contributed by atoms with van der Waals surface area (Å²) in [5.74, 6) is -2.32. The van der Waals surface area contributed by atoms with Crippen LogP contribution in [0, 0.1) is 17.8 Å². The molecular formula is C11H18O6. The molecule has 98 valence electrons. The van der Waals surface area contributed by atoms with Crippen molar-refractivity contribution in [2.75, 3.05) is 13.7 Å². The van der Waals surface area contributed by atoms with Gasteiger partial charge in [0.15, 0.2) is 6.29 Å². The maximum Gasteiger partial charge on any atom is 0.311 e. The zero-order valence-electron chi connectivity index (χ0n) is 9.87. The van der Waals surface area contributed by atoms with E-state index in [1.165, 1.54) is 14.0 Å². The van der Waals surface area contributed by atoms with E-state index in [9.17, 15) is 20.1 Å². The summed E-state index contributed by atoms with van der Waals surface area (Å²) < 4.78 is 9.75. The number of hydrogen-bond donors (Lipinski definition) is 3. The van der Waals surface area contributed by atoms with Gasteiger partial charge in [0.1, 0.15) is 0 Å². The number of rotatable bonds is 1. The largest absolute Gasteiger partial charge is 0.469 e. The summed E-state index contributed by atoms with van der Waals surface area (Å²) in [6, 6.07) is 0. The number of aliphatic hydroxyl groups is 3. The molecule has 2 rings (SSSR count). The molecule has 3 N–H and O–H groups in total. The van der Waals surface area contributed by atoms with E-state index in [0.29, 0.717) is 0 Å². The van der Waals surface area contributed by atoms with Gasteiger partial charge in [-0.15, -0.1) is 0 Å². The lowest BCUT2D eigenvalue weighted by molar-refractivity contribution is -0.230. The van der Waals surface area contributed by atoms with E-state index < -0.39 is 41.7 Å². The SMILES string of the molecule is COC(=O)[C@H]1CO[C@@H](O)[C@H]2[C@@H]1[C@H](O)C[C@]2(C)O. The second kappa shape index (κ2) is 4.20. The van der Waals surface area contributed by atoms with Gasteiger partial charge in [0.05, 0.1) is 31.3 Å². The van der Waals surface area contributed by atoms with Gasteiger partial charge in [-0.25, -0.2) is 0 Å². The van der Waals surface area contributed by atoms with Gasteiger partial charge in [0.2, 0.25) is 0 Å². The fourth-order valence-corrected chi connectivity index (χ4v) is 3.16. The highest BCUT2D eigenvalue weighted by Crippen LogP contribution is 2.48. The van der Waals surface area contributed by atoms with Crippen LogP contribution in [0.3, 0.4) is 0 Å². The third kappa shape index (κ3) is 1.95.